The first-order valence-electron chi connectivity index (χ1n) is 5.68. The van der Waals surface area contributed by atoms with Crippen LogP contribution in [0.5, 0.6) is 0 Å². The minimum Gasteiger partial charge on any atom is -0.397 e. The van der Waals surface area contributed by atoms with E-state index in [1.165, 1.54) is 12.1 Å². The molecule has 0 aliphatic heterocycles. The van der Waals surface area contributed by atoms with Gasteiger partial charge in [-0.25, -0.2) is 4.39 Å². The van der Waals surface area contributed by atoms with Gasteiger partial charge in [0.2, 0.25) is 5.91 Å². The van der Waals surface area contributed by atoms with Gasteiger partial charge in [-0.1, -0.05) is 12.1 Å². The van der Waals surface area contributed by atoms with Crippen LogP contribution in [0.3, 0.4) is 0 Å². The van der Waals surface area contributed by atoms with E-state index >= 15 is 0 Å². The van der Waals surface area contributed by atoms with Gasteiger partial charge in [0, 0.05) is 12.6 Å². The molecule has 1 amide bonds. The van der Waals surface area contributed by atoms with Crippen molar-refractivity contribution in [2.45, 2.75) is 0 Å². The molecular weight excluding hydrogens is 245 g/mol. The van der Waals surface area contributed by atoms with Gasteiger partial charge in [-0.05, 0) is 30.3 Å². The van der Waals surface area contributed by atoms with E-state index in [0.717, 1.165) is 0 Å². The van der Waals surface area contributed by atoms with Crippen molar-refractivity contribution in [3.05, 3.63) is 53.8 Å². The van der Waals surface area contributed by atoms with E-state index in [2.05, 4.69) is 0 Å². The second-order valence-electron chi connectivity index (χ2n) is 4.15. The number of primary amides is 1. The molecule has 0 saturated carbocycles. The SMILES string of the molecule is CN(c1ccc(C(N)=O)cc1N)c1ccccc1F. The lowest BCUT2D eigenvalue weighted by Gasteiger charge is -2.22. The van der Waals surface area contributed by atoms with Crippen LogP contribution in [0.4, 0.5) is 21.5 Å². The summed E-state index contributed by atoms with van der Waals surface area (Å²) in [6.07, 6.45) is 0. The van der Waals surface area contributed by atoms with E-state index in [4.69, 9.17) is 11.5 Å². The van der Waals surface area contributed by atoms with E-state index in [1.54, 1.807) is 42.3 Å². The number of carbonyl (C=O) groups excluding carboxylic acids is 1. The van der Waals surface area contributed by atoms with Gasteiger partial charge in [0.25, 0.3) is 0 Å². The Hall–Kier alpha value is -2.56. The smallest absolute Gasteiger partial charge is 0.248 e. The van der Waals surface area contributed by atoms with Crippen molar-refractivity contribution in [1.82, 2.24) is 0 Å². The summed E-state index contributed by atoms with van der Waals surface area (Å²) in [6.45, 7) is 0. The predicted octanol–water partition coefficient (Wildman–Crippen LogP) is 2.27. The van der Waals surface area contributed by atoms with E-state index in [0.29, 0.717) is 22.6 Å². The Labute approximate surface area is 110 Å². The molecule has 2 rings (SSSR count). The maximum absolute atomic E-state index is 13.7. The molecule has 2 aromatic rings. The third kappa shape index (κ3) is 2.49. The van der Waals surface area contributed by atoms with Gasteiger partial charge in [0.05, 0.1) is 17.1 Å². The zero-order chi connectivity index (χ0) is 14.0. The van der Waals surface area contributed by atoms with E-state index in [-0.39, 0.29) is 5.82 Å². The van der Waals surface area contributed by atoms with Gasteiger partial charge in [0.1, 0.15) is 5.82 Å². The molecule has 0 saturated heterocycles. The monoisotopic (exact) mass is 259 g/mol. The summed E-state index contributed by atoms with van der Waals surface area (Å²) in [7, 11) is 1.70. The fourth-order valence-electron chi connectivity index (χ4n) is 1.87. The van der Waals surface area contributed by atoms with Crippen LogP contribution in [0.1, 0.15) is 10.4 Å². The van der Waals surface area contributed by atoms with Crippen LogP contribution in [-0.2, 0) is 0 Å². The van der Waals surface area contributed by atoms with Gasteiger partial charge < -0.3 is 16.4 Å². The molecule has 5 heteroatoms. The summed E-state index contributed by atoms with van der Waals surface area (Å²) >= 11 is 0. The lowest BCUT2D eigenvalue weighted by molar-refractivity contribution is 0.100. The highest BCUT2D eigenvalue weighted by atomic mass is 19.1. The fraction of sp³-hybridized carbons (Fsp3) is 0.0714. The number of nitrogens with zero attached hydrogens (tertiary/aromatic N) is 1. The number of halogens is 1. The van der Waals surface area contributed by atoms with Crippen molar-refractivity contribution in [1.29, 1.82) is 0 Å². The summed E-state index contributed by atoms with van der Waals surface area (Å²) in [5, 5.41) is 0. The molecule has 0 atom stereocenters. The molecule has 4 nitrogen and oxygen atoms in total. The minimum absolute atomic E-state index is 0.322. The Kier molecular flexibility index (Phi) is 3.37. The third-order valence-electron chi connectivity index (χ3n) is 2.89. The molecule has 0 radical (unpaired) electrons. The predicted molar refractivity (Wildman–Crippen MR) is 73.8 cm³/mol. The Bertz CT molecular complexity index is 628. The first kappa shape index (κ1) is 12.9. The zero-order valence-corrected chi connectivity index (χ0v) is 10.4. The highest BCUT2D eigenvalue weighted by Gasteiger charge is 2.12. The van der Waals surface area contributed by atoms with Crippen molar-refractivity contribution in [2.75, 3.05) is 17.7 Å². The number of carbonyl (C=O) groups is 1. The highest BCUT2D eigenvalue weighted by Crippen LogP contribution is 2.30. The minimum atomic E-state index is -0.549. The molecule has 2 aromatic carbocycles. The first-order valence-corrected chi connectivity index (χ1v) is 5.68. The molecular formula is C14H14FN3O. The standard InChI is InChI=1S/C14H14FN3O/c1-18(12-5-3-2-4-10(12)15)13-7-6-9(14(17)19)8-11(13)16/h2-8H,16H2,1H3,(H2,17,19). The van der Waals surface area contributed by atoms with Crippen LogP contribution in [0, 0.1) is 5.82 Å². The maximum Gasteiger partial charge on any atom is 0.248 e. The number of nitrogens with two attached hydrogens (primary N) is 2. The topological polar surface area (TPSA) is 72.3 Å². The summed E-state index contributed by atoms with van der Waals surface area (Å²) in [5.41, 5.74) is 12.7. The van der Waals surface area contributed by atoms with Gasteiger partial charge >= 0.3 is 0 Å². The molecule has 0 unspecified atom stereocenters. The molecule has 0 aromatic heterocycles. The largest absolute Gasteiger partial charge is 0.397 e. The lowest BCUT2D eigenvalue weighted by atomic mass is 10.1. The van der Waals surface area contributed by atoms with Gasteiger partial charge in [-0.15, -0.1) is 0 Å². The molecule has 4 N–H and O–H groups in total. The van der Waals surface area contributed by atoms with E-state index in [1.807, 2.05) is 0 Å². The summed E-state index contributed by atoms with van der Waals surface area (Å²) in [4.78, 5) is 12.7. The van der Waals surface area contributed by atoms with E-state index < -0.39 is 5.91 Å². The van der Waals surface area contributed by atoms with Crippen molar-refractivity contribution in [3.8, 4) is 0 Å². The Morgan fingerprint density at radius 3 is 2.42 bits per heavy atom. The van der Waals surface area contributed by atoms with Crippen LogP contribution in [0.15, 0.2) is 42.5 Å². The number of benzene rings is 2. The Balaban J connectivity index is 2.42. The average Bonchev–Trinajstić information content (AvgIpc) is 2.38. The highest BCUT2D eigenvalue weighted by molar-refractivity contribution is 5.95. The number of anilines is 3. The van der Waals surface area contributed by atoms with Crippen LogP contribution in [0.25, 0.3) is 0 Å². The molecule has 0 heterocycles. The molecule has 0 spiro atoms. The molecule has 0 fully saturated rings. The number of rotatable bonds is 3. The zero-order valence-electron chi connectivity index (χ0n) is 10.4. The Morgan fingerprint density at radius 1 is 1.16 bits per heavy atom. The number of amides is 1. The molecule has 19 heavy (non-hydrogen) atoms. The van der Waals surface area contributed by atoms with Gasteiger partial charge in [0.15, 0.2) is 0 Å². The third-order valence-corrected chi connectivity index (χ3v) is 2.89. The maximum atomic E-state index is 13.7. The van der Waals surface area contributed by atoms with Gasteiger partial charge in [-0.3, -0.25) is 4.79 Å². The van der Waals surface area contributed by atoms with Crippen molar-refractivity contribution >= 4 is 23.0 Å². The lowest BCUT2D eigenvalue weighted by Crippen LogP contribution is -2.15. The van der Waals surface area contributed by atoms with Crippen LogP contribution < -0.4 is 16.4 Å². The van der Waals surface area contributed by atoms with E-state index in [9.17, 15) is 9.18 Å². The fourth-order valence-corrected chi connectivity index (χ4v) is 1.87. The molecule has 0 bridgehead atoms. The van der Waals surface area contributed by atoms with Crippen molar-refractivity contribution in [2.24, 2.45) is 5.73 Å². The summed E-state index contributed by atoms with van der Waals surface area (Å²) in [5.74, 6) is -0.893. The van der Waals surface area contributed by atoms with Gasteiger partial charge in [-0.2, -0.15) is 0 Å². The first-order chi connectivity index (χ1) is 9.00. The Morgan fingerprint density at radius 2 is 1.84 bits per heavy atom. The van der Waals surface area contributed by atoms with Crippen molar-refractivity contribution in [3.63, 3.8) is 0 Å². The normalized spacial score (nSPS) is 10.2. The molecule has 0 aliphatic rings. The quantitative estimate of drug-likeness (QED) is 0.830. The second-order valence-corrected chi connectivity index (χ2v) is 4.15. The van der Waals surface area contributed by atoms with Crippen LogP contribution in [0.2, 0.25) is 0 Å². The second kappa shape index (κ2) is 4.97. The number of para-hydroxylation sites is 1. The average molecular weight is 259 g/mol. The van der Waals surface area contributed by atoms with Crippen LogP contribution in [-0.4, -0.2) is 13.0 Å². The number of hydrogen-bond acceptors (Lipinski definition) is 3. The van der Waals surface area contributed by atoms with Crippen molar-refractivity contribution < 1.29 is 9.18 Å². The number of hydrogen-bond donors (Lipinski definition) is 2. The molecule has 98 valence electrons. The summed E-state index contributed by atoms with van der Waals surface area (Å²) < 4.78 is 13.7. The molecule has 0 aliphatic carbocycles. The van der Waals surface area contributed by atoms with Crippen LogP contribution >= 0.6 is 0 Å². The summed E-state index contributed by atoms with van der Waals surface area (Å²) in [6, 6.07) is 11.1. The number of nitrogen functional groups attached to an aromatic ring is 1.